The number of carbonyl (C=O) groups is 2. The molecular weight excluding hydrogens is 308 g/mol. The van der Waals surface area contributed by atoms with E-state index in [-0.39, 0.29) is 6.03 Å². The van der Waals surface area contributed by atoms with Crippen LogP contribution in [0.1, 0.15) is 4.88 Å². The van der Waals surface area contributed by atoms with E-state index in [1.165, 1.54) is 28.0 Å². The summed E-state index contributed by atoms with van der Waals surface area (Å²) in [5.74, 6) is -0.0816. The van der Waals surface area contributed by atoms with Crippen molar-refractivity contribution in [3.05, 3.63) is 21.3 Å². The lowest BCUT2D eigenvalue weighted by Crippen LogP contribution is -2.47. The Bertz CT molecular complexity index is 480. The zero-order valence-electron chi connectivity index (χ0n) is 9.97. The maximum Gasteiger partial charge on any atom is 0.327 e. The molecule has 2 rings (SSSR count). The van der Waals surface area contributed by atoms with E-state index in [9.17, 15) is 9.59 Å². The van der Waals surface area contributed by atoms with Gasteiger partial charge in [0.25, 0.3) is 0 Å². The summed E-state index contributed by atoms with van der Waals surface area (Å²) < 4.78 is 0.725. The first-order valence-corrected chi connectivity index (χ1v) is 8.02. The van der Waals surface area contributed by atoms with Crippen molar-refractivity contribution < 1.29 is 14.7 Å². The van der Waals surface area contributed by atoms with Crippen molar-refractivity contribution in [3.8, 4) is 0 Å². The minimum absolute atomic E-state index is 0.319. The number of hydrogen-bond donors (Lipinski definition) is 2. The van der Waals surface area contributed by atoms with Crippen LogP contribution in [0.5, 0.6) is 0 Å². The van der Waals surface area contributed by atoms with Crippen LogP contribution in [-0.2, 0) is 11.2 Å². The summed E-state index contributed by atoms with van der Waals surface area (Å²) in [6, 6.07) is 2.70. The van der Waals surface area contributed by atoms with Gasteiger partial charge in [-0.15, -0.1) is 23.1 Å². The zero-order chi connectivity index (χ0) is 13.8. The fraction of sp³-hybridized carbons (Fsp3) is 0.455. The third kappa shape index (κ3) is 3.77. The maximum atomic E-state index is 11.9. The summed E-state index contributed by atoms with van der Waals surface area (Å²) in [5, 5.41) is 11.7. The number of aliphatic carboxylic acids is 1. The standard InChI is InChI=1S/C11H13ClN2O3S2/c12-9-2-1-7(19-9)3-4-13-11(17)14-6-18-5-8(14)10(15)16/h1-2,8H,3-6H2,(H,13,17)(H,15,16). The van der Waals surface area contributed by atoms with Crippen molar-refractivity contribution in [1.82, 2.24) is 10.2 Å². The minimum atomic E-state index is -0.954. The van der Waals surface area contributed by atoms with Crippen LogP contribution in [0, 0.1) is 0 Å². The Morgan fingerprint density at radius 2 is 2.32 bits per heavy atom. The topological polar surface area (TPSA) is 69.6 Å². The van der Waals surface area contributed by atoms with E-state index in [0.29, 0.717) is 24.6 Å². The van der Waals surface area contributed by atoms with Gasteiger partial charge in [-0.3, -0.25) is 0 Å². The van der Waals surface area contributed by atoms with Crippen LogP contribution >= 0.6 is 34.7 Å². The zero-order valence-corrected chi connectivity index (χ0v) is 12.4. The van der Waals surface area contributed by atoms with Crippen LogP contribution in [-0.4, -0.2) is 46.2 Å². The van der Waals surface area contributed by atoms with Gasteiger partial charge in [-0.1, -0.05) is 11.6 Å². The van der Waals surface area contributed by atoms with Gasteiger partial charge in [-0.05, 0) is 18.6 Å². The monoisotopic (exact) mass is 320 g/mol. The molecule has 1 aromatic rings. The fourth-order valence-corrected chi connectivity index (χ4v) is 3.96. The van der Waals surface area contributed by atoms with Gasteiger partial charge in [-0.25, -0.2) is 9.59 Å². The molecule has 19 heavy (non-hydrogen) atoms. The maximum absolute atomic E-state index is 11.9. The van der Waals surface area contributed by atoms with Gasteiger partial charge in [0.15, 0.2) is 0 Å². The summed E-state index contributed by atoms with van der Waals surface area (Å²) in [6.45, 7) is 0.475. The number of nitrogens with one attached hydrogen (secondary N) is 1. The first-order valence-electron chi connectivity index (χ1n) is 5.67. The van der Waals surface area contributed by atoms with Gasteiger partial charge in [0.2, 0.25) is 0 Å². The summed E-state index contributed by atoms with van der Waals surface area (Å²) in [5.41, 5.74) is 0. The molecule has 2 heterocycles. The Balaban J connectivity index is 1.79. The highest BCUT2D eigenvalue weighted by molar-refractivity contribution is 7.99. The minimum Gasteiger partial charge on any atom is -0.480 e. The van der Waals surface area contributed by atoms with Crippen LogP contribution in [0.4, 0.5) is 4.79 Å². The van der Waals surface area contributed by atoms with Gasteiger partial charge < -0.3 is 15.3 Å². The number of thioether (sulfide) groups is 1. The normalized spacial score (nSPS) is 18.6. The highest BCUT2D eigenvalue weighted by atomic mass is 35.5. The molecule has 0 spiro atoms. The van der Waals surface area contributed by atoms with Crippen LogP contribution in [0.25, 0.3) is 0 Å². The number of hydrogen-bond acceptors (Lipinski definition) is 4. The van der Waals surface area contributed by atoms with E-state index in [2.05, 4.69) is 5.32 Å². The van der Waals surface area contributed by atoms with Crippen molar-refractivity contribution in [2.24, 2.45) is 0 Å². The van der Waals surface area contributed by atoms with Crippen LogP contribution < -0.4 is 5.32 Å². The van der Waals surface area contributed by atoms with E-state index >= 15 is 0 Å². The molecule has 8 heteroatoms. The van der Waals surface area contributed by atoms with Crippen molar-refractivity contribution in [2.75, 3.05) is 18.2 Å². The number of carbonyl (C=O) groups excluding carboxylic acids is 1. The third-order valence-electron chi connectivity index (χ3n) is 2.70. The molecule has 0 aliphatic carbocycles. The number of halogens is 1. The number of thiophene rings is 1. The SMILES string of the molecule is O=C(O)C1CSCN1C(=O)NCCc1ccc(Cl)s1. The first-order chi connectivity index (χ1) is 9.08. The molecule has 0 bridgehead atoms. The highest BCUT2D eigenvalue weighted by Crippen LogP contribution is 2.22. The molecule has 1 aliphatic heterocycles. The fourth-order valence-electron chi connectivity index (χ4n) is 1.73. The molecule has 1 aliphatic rings. The molecule has 0 radical (unpaired) electrons. The van der Waals surface area contributed by atoms with E-state index in [1.54, 1.807) is 0 Å². The van der Waals surface area contributed by atoms with Crippen LogP contribution in [0.15, 0.2) is 12.1 Å². The lowest BCUT2D eigenvalue weighted by Gasteiger charge is -2.20. The van der Waals surface area contributed by atoms with Gasteiger partial charge in [0.1, 0.15) is 6.04 Å². The number of nitrogens with zero attached hydrogens (tertiary/aromatic N) is 1. The molecule has 1 saturated heterocycles. The summed E-state index contributed by atoms with van der Waals surface area (Å²) in [6.07, 6.45) is 0.696. The average Bonchev–Trinajstić information content (AvgIpc) is 2.97. The number of carboxylic acids is 1. The second-order valence-corrected chi connectivity index (χ2v) is 6.81. The van der Waals surface area contributed by atoms with Crippen molar-refractivity contribution in [3.63, 3.8) is 0 Å². The van der Waals surface area contributed by atoms with Gasteiger partial charge in [-0.2, -0.15) is 0 Å². The lowest BCUT2D eigenvalue weighted by molar-refractivity contribution is -0.140. The molecule has 2 N–H and O–H groups in total. The Hall–Kier alpha value is -0.920. The van der Waals surface area contributed by atoms with Gasteiger partial charge in [0.05, 0.1) is 10.2 Å². The van der Waals surface area contributed by atoms with Crippen LogP contribution in [0.2, 0.25) is 4.34 Å². The number of rotatable bonds is 4. The summed E-state index contributed by atoms with van der Waals surface area (Å²) in [4.78, 5) is 25.3. The quantitative estimate of drug-likeness (QED) is 0.891. The Kier molecular flexibility index (Phi) is 4.95. The molecular formula is C11H13ClN2O3S2. The van der Waals surface area contributed by atoms with Crippen LogP contribution in [0.3, 0.4) is 0 Å². The Morgan fingerprint density at radius 1 is 1.53 bits per heavy atom. The van der Waals surface area contributed by atoms with E-state index in [1.807, 2.05) is 12.1 Å². The lowest BCUT2D eigenvalue weighted by atomic mass is 10.3. The first kappa shape index (κ1) is 14.5. The Labute approximate surface area is 123 Å². The molecule has 104 valence electrons. The molecule has 2 amide bonds. The largest absolute Gasteiger partial charge is 0.480 e. The number of urea groups is 1. The summed E-state index contributed by atoms with van der Waals surface area (Å²) >= 11 is 8.74. The predicted molar refractivity (Wildman–Crippen MR) is 77.0 cm³/mol. The molecule has 1 atom stereocenters. The third-order valence-corrected chi connectivity index (χ3v) is 5.01. The van der Waals surface area contributed by atoms with Gasteiger partial charge >= 0.3 is 12.0 Å². The van der Waals surface area contributed by atoms with Crippen molar-refractivity contribution in [1.29, 1.82) is 0 Å². The number of carboxylic acid groups (broad SMARTS) is 1. The van der Waals surface area contributed by atoms with E-state index in [4.69, 9.17) is 16.7 Å². The predicted octanol–water partition coefficient (Wildman–Crippen LogP) is 2.11. The molecule has 5 nitrogen and oxygen atoms in total. The summed E-state index contributed by atoms with van der Waals surface area (Å²) in [7, 11) is 0. The average molecular weight is 321 g/mol. The Morgan fingerprint density at radius 3 is 2.95 bits per heavy atom. The number of amides is 2. The molecule has 0 aromatic carbocycles. The van der Waals surface area contributed by atoms with Crippen molar-refractivity contribution >= 4 is 46.7 Å². The van der Waals surface area contributed by atoms with E-state index < -0.39 is 12.0 Å². The molecule has 1 fully saturated rings. The van der Waals surface area contributed by atoms with Gasteiger partial charge in [0, 0.05) is 17.2 Å². The molecule has 1 unspecified atom stereocenters. The van der Waals surface area contributed by atoms with Crippen molar-refractivity contribution in [2.45, 2.75) is 12.5 Å². The van der Waals surface area contributed by atoms with E-state index in [0.717, 1.165) is 9.21 Å². The molecule has 0 saturated carbocycles. The second kappa shape index (κ2) is 6.49. The smallest absolute Gasteiger partial charge is 0.327 e. The second-order valence-electron chi connectivity index (χ2n) is 4.01. The molecule has 1 aromatic heterocycles. The highest BCUT2D eigenvalue weighted by Gasteiger charge is 2.34.